The number of nitrogens with zero attached hydrogens (tertiary/aromatic N) is 2. The van der Waals surface area contributed by atoms with Gasteiger partial charge in [0.05, 0.1) is 11.8 Å². The molecule has 1 aromatic rings. The lowest BCUT2D eigenvalue weighted by atomic mass is 9.86. The van der Waals surface area contributed by atoms with Crippen LogP contribution in [0, 0.1) is 0 Å². The van der Waals surface area contributed by atoms with Crippen molar-refractivity contribution in [3.8, 4) is 0 Å². The minimum atomic E-state index is -0.0140. The number of nitrogens with one attached hydrogen (secondary N) is 2. The Balaban J connectivity index is 2.08. The molecule has 0 saturated carbocycles. The minimum Gasteiger partial charge on any atom is -0.375 e. The molecule has 1 unspecified atom stereocenters. The fraction of sp³-hybridized carbons (Fsp3) is 0.733. The molecule has 1 aliphatic heterocycles. The molecule has 1 fully saturated rings. The van der Waals surface area contributed by atoms with Crippen LogP contribution in [0.25, 0.3) is 0 Å². The third kappa shape index (κ3) is 3.98. The van der Waals surface area contributed by atoms with Gasteiger partial charge in [-0.2, -0.15) is 4.98 Å². The average Bonchev–Trinajstić information content (AvgIpc) is 2.51. The summed E-state index contributed by atoms with van der Waals surface area (Å²) in [4.78, 5) is 8.61. The van der Waals surface area contributed by atoms with Crippen molar-refractivity contribution in [1.82, 2.24) is 9.97 Å². The lowest BCUT2D eigenvalue weighted by molar-refractivity contribution is -0.0864. The van der Waals surface area contributed by atoms with E-state index in [2.05, 4.69) is 34.4 Å². The number of aromatic nitrogens is 2. The number of hydrogen-bond acceptors (Lipinski definition) is 5. The topological polar surface area (TPSA) is 59.1 Å². The van der Waals surface area contributed by atoms with Crippen LogP contribution in [0.1, 0.15) is 46.5 Å². The van der Waals surface area contributed by atoms with Gasteiger partial charge in [-0.25, -0.2) is 4.98 Å². The van der Waals surface area contributed by atoms with E-state index in [1.165, 1.54) is 0 Å². The lowest BCUT2D eigenvalue weighted by Crippen LogP contribution is -2.43. The molecular weight excluding hydrogens is 288 g/mol. The molecule has 0 bridgehead atoms. The highest BCUT2D eigenvalue weighted by Crippen LogP contribution is 2.33. The van der Waals surface area contributed by atoms with E-state index in [0.717, 1.165) is 38.8 Å². The van der Waals surface area contributed by atoms with Crippen molar-refractivity contribution in [2.75, 3.05) is 23.8 Å². The van der Waals surface area contributed by atoms with Crippen molar-refractivity contribution in [3.63, 3.8) is 0 Å². The van der Waals surface area contributed by atoms with Crippen molar-refractivity contribution >= 4 is 23.4 Å². The van der Waals surface area contributed by atoms with Gasteiger partial charge in [0, 0.05) is 19.2 Å². The zero-order chi connectivity index (χ0) is 15.3. The molecule has 0 amide bonds. The summed E-state index contributed by atoms with van der Waals surface area (Å²) < 4.78 is 6.01. The molecule has 118 valence electrons. The summed E-state index contributed by atoms with van der Waals surface area (Å²) in [5.74, 6) is 1.31. The van der Waals surface area contributed by atoms with Crippen LogP contribution in [0.5, 0.6) is 0 Å². The van der Waals surface area contributed by atoms with Gasteiger partial charge in [-0.15, -0.1) is 0 Å². The Bertz CT molecular complexity index is 465. The highest BCUT2D eigenvalue weighted by atomic mass is 35.5. The fourth-order valence-electron chi connectivity index (χ4n) is 2.80. The second-order valence-corrected chi connectivity index (χ2v) is 5.90. The molecule has 1 atom stereocenters. The Morgan fingerprint density at radius 2 is 2.14 bits per heavy atom. The van der Waals surface area contributed by atoms with E-state index in [1.807, 2.05) is 6.92 Å². The van der Waals surface area contributed by atoms with Crippen molar-refractivity contribution in [2.45, 2.75) is 58.1 Å². The lowest BCUT2D eigenvalue weighted by Gasteiger charge is -2.40. The Morgan fingerprint density at radius 1 is 1.38 bits per heavy atom. The molecule has 0 aromatic carbocycles. The molecule has 2 rings (SSSR count). The molecule has 0 spiro atoms. The van der Waals surface area contributed by atoms with Gasteiger partial charge in [-0.05, 0) is 32.6 Å². The summed E-state index contributed by atoms with van der Waals surface area (Å²) in [6.45, 7) is 7.95. The van der Waals surface area contributed by atoms with Crippen LogP contribution in [0.3, 0.4) is 0 Å². The summed E-state index contributed by atoms with van der Waals surface area (Å²) in [7, 11) is 0. The van der Waals surface area contributed by atoms with Crippen molar-refractivity contribution < 1.29 is 4.74 Å². The molecule has 0 radical (unpaired) electrons. The third-order valence-corrected chi connectivity index (χ3v) is 4.48. The van der Waals surface area contributed by atoms with Gasteiger partial charge in [-0.3, -0.25) is 0 Å². The molecule has 1 saturated heterocycles. The normalized spacial score (nSPS) is 21.0. The quantitative estimate of drug-likeness (QED) is 0.838. The monoisotopic (exact) mass is 312 g/mol. The Kier molecular flexibility index (Phi) is 5.65. The zero-order valence-corrected chi connectivity index (χ0v) is 13.8. The maximum absolute atomic E-state index is 6.21. The zero-order valence-electron chi connectivity index (χ0n) is 13.1. The standard InChI is InChI=1S/C15H25ClN4O/c1-4-15(5-2)9-11(7-8-21-15)19-13-12(16)10-18-14(20-13)17-6-3/h10-11H,4-9H2,1-3H3,(H2,17,18,19,20). The predicted molar refractivity (Wildman–Crippen MR) is 87.1 cm³/mol. The summed E-state index contributed by atoms with van der Waals surface area (Å²) in [6, 6.07) is 0.334. The van der Waals surface area contributed by atoms with Crippen molar-refractivity contribution in [1.29, 1.82) is 0 Å². The Labute approximate surface area is 131 Å². The molecule has 1 aliphatic rings. The van der Waals surface area contributed by atoms with Gasteiger partial charge in [-0.1, -0.05) is 25.4 Å². The van der Waals surface area contributed by atoms with Gasteiger partial charge in [0.2, 0.25) is 5.95 Å². The van der Waals surface area contributed by atoms with E-state index in [0.29, 0.717) is 22.8 Å². The van der Waals surface area contributed by atoms with E-state index in [-0.39, 0.29) is 5.60 Å². The van der Waals surface area contributed by atoms with Gasteiger partial charge in [0.15, 0.2) is 5.82 Å². The largest absolute Gasteiger partial charge is 0.375 e. The molecule has 1 aromatic heterocycles. The second kappa shape index (κ2) is 7.27. The highest BCUT2D eigenvalue weighted by molar-refractivity contribution is 6.32. The molecular formula is C15H25ClN4O. The number of ether oxygens (including phenoxy) is 1. The molecule has 5 nitrogen and oxygen atoms in total. The van der Waals surface area contributed by atoms with E-state index in [9.17, 15) is 0 Å². The first-order chi connectivity index (χ1) is 10.1. The summed E-state index contributed by atoms with van der Waals surface area (Å²) >= 11 is 6.21. The Morgan fingerprint density at radius 3 is 2.81 bits per heavy atom. The first-order valence-corrected chi connectivity index (χ1v) is 8.17. The van der Waals surface area contributed by atoms with E-state index < -0.39 is 0 Å². The van der Waals surface area contributed by atoms with Crippen LogP contribution in [0.2, 0.25) is 5.02 Å². The highest BCUT2D eigenvalue weighted by Gasteiger charge is 2.34. The number of anilines is 2. The summed E-state index contributed by atoms with van der Waals surface area (Å²) in [5, 5.41) is 7.13. The summed E-state index contributed by atoms with van der Waals surface area (Å²) in [6.07, 6.45) is 5.65. The molecule has 2 N–H and O–H groups in total. The first kappa shape index (κ1) is 16.3. The first-order valence-electron chi connectivity index (χ1n) is 7.79. The number of hydrogen-bond donors (Lipinski definition) is 2. The van der Waals surface area contributed by atoms with E-state index >= 15 is 0 Å². The van der Waals surface area contributed by atoms with E-state index in [1.54, 1.807) is 6.20 Å². The Hall–Kier alpha value is -1.07. The van der Waals surface area contributed by atoms with E-state index in [4.69, 9.17) is 16.3 Å². The van der Waals surface area contributed by atoms with Crippen LogP contribution >= 0.6 is 11.6 Å². The van der Waals surface area contributed by atoms with Crippen LogP contribution in [-0.4, -0.2) is 34.8 Å². The maximum atomic E-state index is 6.21. The maximum Gasteiger partial charge on any atom is 0.224 e. The van der Waals surface area contributed by atoms with Crippen molar-refractivity contribution in [3.05, 3.63) is 11.2 Å². The molecule has 21 heavy (non-hydrogen) atoms. The number of rotatable bonds is 6. The average molecular weight is 313 g/mol. The van der Waals surface area contributed by atoms with Gasteiger partial charge < -0.3 is 15.4 Å². The van der Waals surface area contributed by atoms with Crippen LogP contribution < -0.4 is 10.6 Å². The smallest absolute Gasteiger partial charge is 0.224 e. The predicted octanol–water partition coefficient (Wildman–Crippen LogP) is 3.71. The minimum absolute atomic E-state index is 0.0140. The third-order valence-electron chi connectivity index (χ3n) is 4.20. The van der Waals surface area contributed by atoms with Crippen LogP contribution in [0.15, 0.2) is 6.20 Å². The summed E-state index contributed by atoms with van der Waals surface area (Å²) in [5.41, 5.74) is -0.0140. The van der Waals surface area contributed by atoms with Crippen LogP contribution in [0.4, 0.5) is 11.8 Å². The van der Waals surface area contributed by atoms with Gasteiger partial charge in [0.1, 0.15) is 5.02 Å². The number of halogens is 1. The molecule has 6 heteroatoms. The second-order valence-electron chi connectivity index (χ2n) is 5.49. The van der Waals surface area contributed by atoms with Gasteiger partial charge >= 0.3 is 0 Å². The molecule has 0 aliphatic carbocycles. The molecule has 2 heterocycles. The van der Waals surface area contributed by atoms with Crippen LogP contribution in [-0.2, 0) is 4.74 Å². The SMILES string of the molecule is CCNc1ncc(Cl)c(NC2CCOC(CC)(CC)C2)n1. The van der Waals surface area contributed by atoms with Gasteiger partial charge in [0.25, 0.3) is 0 Å². The fourth-order valence-corrected chi connectivity index (χ4v) is 2.94. The van der Waals surface area contributed by atoms with Crippen molar-refractivity contribution in [2.24, 2.45) is 0 Å².